The van der Waals surface area contributed by atoms with Gasteiger partial charge in [-0.1, -0.05) is 0 Å². The third kappa shape index (κ3) is 6.85. The van der Waals surface area contributed by atoms with Crippen LogP contribution in [0.1, 0.15) is 20.7 Å². The Bertz CT molecular complexity index is 585. The Balaban J connectivity index is 0. The summed E-state index contributed by atoms with van der Waals surface area (Å²) in [6.07, 6.45) is 3.14. The summed E-state index contributed by atoms with van der Waals surface area (Å²) in [4.78, 5) is 25.8. The molecule has 0 spiro atoms. The number of pyridine rings is 2. The predicted octanol–water partition coefficient (Wildman–Crippen LogP) is -0.443. The summed E-state index contributed by atoms with van der Waals surface area (Å²) in [5.74, 6) is -1.69. The van der Waals surface area contributed by atoms with Gasteiger partial charge in [0.05, 0.1) is 12.4 Å². The van der Waals surface area contributed by atoms with Crippen LogP contribution in [0.25, 0.3) is 0 Å². The first-order valence-corrected chi connectivity index (χ1v) is 5.42. The van der Waals surface area contributed by atoms with Gasteiger partial charge in [0.2, 0.25) is 0 Å². The van der Waals surface area contributed by atoms with Crippen LogP contribution in [0.15, 0.2) is 36.7 Å². The van der Waals surface area contributed by atoms with E-state index >= 15 is 0 Å². The number of nitrogens with one attached hydrogen (secondary N) is 2. The van der Waals surface area contributed by atoms with Crippen molar-refractivity contribution in [3.8, 4) is 0 Å². The van der Waals surface area contributed by atoms with Gasteiger partial charge in [-0.05, 0) is 24.3 Å². The molecule has 8 N–H and O–H groups in total. The zero-order valence-corrected chi connectivity index (χ0v) is 13.9. The van der Waals surface area contributed by atoms with E-state index in [0.29, 0.717) is 0 Å². The number of aromatic carboxylic acids is 2. The van der Waals surface area contributed by atoms with Crippen LogP contribution >= 0.6 is 0 Å². The summed E-state index contributed by atoms with van der Waals surface area (Å²) in [7, 11) is 0. The first-order chi connectivity index (χ1) is 9.43. The molecule has 0 saturated heterocycles. The van der Waals surface area contributed by atoms with Crippen molar-refractivity contribution in [1.82, 2.24) is 0 Å². The Kier molecular flexibility index (Phi) is 11.3. The second-order valence-corrected chi connectivity index (χ2v) is 3.61. The Morgan fingerprint density at radius 2 is 1.14 bits per heavy atom. The summed E-state index contributed by atoms with van der Waals surface area (Å²) >= 11 is 0. The normalized spacial score (nSPS) is 8.36. The molecule has 8 nitrogen and oxygen atoms in total. The van der Waals surface area contributed by atoms with E-state index in [1.54, 1.807) is 24.5 Å². The van der Waals surface area contributed by atoms with Crippen molar-refractivity contribution in [2.45, 2.75) is 0 Å². The van der Waals surface area contributed by atoms with Crippen LogP contribution in [0.4, 0.5) is 11.6 Å². The maximum atomic E-state index is 10.3. The summed E-state index contributed by atoms with van der Waals surface area (Å²) < 4.78 is 0. The molecule has 0 bridgehead atoms. The molecular formula is C12H14Ag2N4O4+2. The van der Waals surface area contributed by atoms with Gasteiger partial charge in [0, 0.05) is 44.8 Å². The van der Waals surface area contributed by atoms with Gasteiger partial charge in [-0.25, -0.2) is 19.6 Å². The molecule has 10 heteroatoms. The van der Waals surface area contributed by atoms with Crippen molar-refractivity contribution in [1.29, 1.82) is 0 Å². The molecule has 2 rings (SSSR count). The van der Waals surface area contributed by atoms with Crippen LogP contribution in [0.2, 0.25) is 0 Å². The van der Waals surface area contributed by atoms with E-state index in [0.717, 1.165) is 0 Å². The standard InChI is InChI=1S/2C6H6N2O2.2Ag/c2*7-5-4(6(9)10)2-1-3-8-5;;/h2*1-3H,(H2,7,8)(H,9,10);;/p+2. The van der Waals surface area contributed by atoms with E-state index in [4.69, 9.17) is 21.7 Å². The number of aromatic amines is 2. The number of rotatable bonds is 2. The quantitative estimate of drug-likeness (QED) is 0.415. The molecule has 2 aromatic heterocycles. The predicted molar refractivity (Wildman–Crippen MR) is 68.7 cm³/mol. The second kappa shape index (κ2) is 11.0. The monoisotopic (exact) mass is 492 g/mol. The van der Waals surface area contributed by atoms with Crippen LogP contribution < -0.4 is 21.4 Å². The van der Waals surface area contributed by atoms with E-state index in [9.17, 15) is 9.59 Å². The molecule has 22 heavy (non-hydrogen) atoms. The zero-order chi connectivity index (χ0) is 15.1. The number of nitrogens with two attached hydrogens (primary N) is 2. The van der Waals surface area contributed by atoms with Crippen molar-refractivity contribution in [2.75, 3.05) is 11.5 Å². The minimum absolute atomic E-state index is 0. The number of nitrogen functional groups attached to an aromatic ring is 2. The number of hydrogen-bond donors (Lipinski definition) is 4. The molecule has 0 aliphatic heterocycles. The number of H-pyrrole nitrogens is 2. The van der Waals surface area contributed by atoms with Gasteiger partial charge < -0.3 is 10.2 Å². The fraction of sp³-hybridized carbons (Fsp3) is 0. The van der Waals surface area contributed by atoms with Crippen LogP contribution in [-0.4, -0.2) is 22.2 Å². The molecular weight excluding hydrogens is 480 g/mol. The van der Waals surface area contributed by atoms with Crippen molar-refractivity contribution in [3.63, 3.8) is 0 Å². The van der Waals surface area contributed by atoms with Crippen LogP contribution in [0.5, 0.6) is 0 Å². The summed E-state index contributed by atoms with van der Waals surface area (Å²) in [6, 6.07) is 6.04. The minimum atomic E-state index is -1.02. The molecule has 0 aliphatic rings. The Hall–Kier alpha value is -1.68. The van der Waals surface area contributed by atoms with Crippen molar-refractivity contribution < 1.29 is 74.5 Å². The molecule has 0 aliphatic carbocycles. The van der Waals surface area contributed by atoms with Crippen molar-refractivity contribution in [3.05, 3.63) is 47.8 Å². The maximum absolute atomic E-state index is 10.3. The van der Waals surface area contributed by atoms with Gasteiger partial charge in [-0.2, -0.15) is 0 Å². The number of carboxylic acid groups (broad SMARTS) is 2. The molecule has 0 saturated carbocycles. The van der Waals surface area contributed by atoms with Crippen molar-refractivity contribution in [2.24, 2.45) is 0 Å². The molecule has 0 fully saturated rings. The SMILES string of the molecule is Nc1[nH+]cccc1C(=O)O.Nc1[nH+]cccc1C(=O)O.[Ag].[Ag]. The minimum Gasteiger partial charge on any atom is -0.477 e. The Labute approximate surface area is 157 Å². The summed E-state index contributed by atoms with van der Waals surface area (Å²) in [6.45, 7) is 0. The molecule has 0 unspecified atom stereocenters. The molecule has 2 radical (unpaired) electrons. The van der Waals surface area contributed by atoms with Crippen molar-refractivity contribution >= 4 is 23.6 Å². The number of hydrogen-bond acceptors (Lipinski definition) is 4. The number of aromatic nitrogens is 2. The van der Waals surface area contributed by atoms with E-state index in [-0.39, 0.29) is 67.5 Å². The maximum Gasteiger partial charge on any atom is 0.344 e. The average molecular weight is 494 g/mol. The molecule has 0 atom stereocenters. The average Bonchev–Trinajstić information content (AvgIpc) is 2.40. The number of carbonyl (C=O) groups is 2. The van der Waals surface area contributed by atoms with E-state index in [1.165, 1.54) is 12.1 Å². The third-order valence-electron chi connectivity index (χ3n) is 2.24. The molecule has 0 aromatic carbocycles. The topological polar surface area (TPSA) is 155 Å². The first-order valence-electron chi connectivity index (χ1n) is 5.42. The molecule has 2 aromatic rings. The molecule has 0 amide bonds. The van der Waals surface area contributed by atoms with Gasteiger partial charge in [-0.15, -0.1) is 0 Å². The fourth-order valence-electron chi connectivity index (χ4n) is 1.27. The van der Waals surface area contributed by atoms with Gasteiger partial charge >= 0.3 is 11.9 Å². The summed E-state index contributed by atoms with van der Waals surface area (Å²) in [5.41, 5.74) is 10.8. The van der Waals surface area contributed by atoms with E-state index in [1.807, 2.05) is 0 Å². The van der Waals surface area contributed by atoms with Crippen LogP contribution in [0.3, 0.4) is 0 Å². The van der Waals surface area contributed by atoms with E-state index < -0.39 is 11.9 Å². The molecule has 2 heterocycles. The fourth-order valence-corrected chi connectivity index (χ4v) is 1.27. The van der Waals surface area contributed by atoms with Crippen LogP contribution in [0, 0.1) is 0 Å². The van der Waals surface area contributed by atoms with Gasteiger partial charge in [0.1, 0.15) is 11.1 Å². The molecule has 126 valence electrons. The van der Waals surface area contributed by atoms with Gasteiger partial charge in [0.15, 0.2) is 0 Å². The first kappa shape index (κ1) is 22.6. The van der Waals surface area contributed by atoms with Gasteiger partial charge in [-0.3, -0.25) is 11.5 Å². The Morgan fingerprint density at radius 3 is 1.32 bits per heavy atom. The number of anilines is 2. The smallest absolute Gasteiger partial charge is 0.344 e. The second-order valence-electron chi connectivity index (χ2n) is 3.61. The Morgan fingerprint density at radius 1 is 0.818 bits per heavy atom. The summed E-state index contributed by atoms with van der Waals surface area (Å²) in [5, 5.41) is 16.9. The van der Waals surface area contributed by atoms with Crippen LogP contribution in [-0.2, 0) is 44.8 Å². The largest absolute Gasteiger partial charge is 0.477 e. The van der Waals surface area contributed by atoms with E-state index in [2.05, 4.69) is 9.97 Å². The number of carboxylic acids is 2. The zero-order valence-electron chi connectivity index (χ0n) is 10.9. The van der Waals surface area contributed by atoms with Gasteiger partial charge in [0.25, 0.3) is 11.6 Å². The third-order valence-corrected chi connectivity index (χ3v) is 2.24.